The van der Waals surface area contributed by atoms with Crippen LogP contribution in [0.1, 0.15) is 44.2 Å². The van der Waals surface area contributed by atoms with Crippen molar-refractivity contribution >= 4 is 17.3 Å². The van der Waals surface area contributed by atoms with Crippen molar-refractivity contribution in [2.75, 3.05) is 11.9 Å². The number of hydrogen-bond donors (Lipinski definition) is 2. The number of anilines is 1. The molecule has 0 aliphatic rings. The molecule has 2 N–H and O–H groups in total. The van der Waals surface area contributed by atoms with Crippen molar-refractivity contribution in [1.29, 1.82) is 0 Å². The lowest BCUT2D eigenvalue weighted by Crippen LogP contribution is -2.28. The molecule has 2 aromatic carbocycles. The van der Waals surface area contributed by atoms with Crippen LogP contribution in [0.25, 0.3) is 0 Å². The van der Waals surface area contributed by atoms with Crippen molar-refractivity contribution in [3.8, 4) is 0 Å². The number of carbonyl (C=O) groups is 1. The Morgan fingerprint density at radius 3 is 2.42 bits per heavy atom. The molecular formula is C20H25N3O3. The Morgan fingerprint density at radius 2 is 1.81 bits per heavy atom. The first-order valence-electron chi connectivity index (χ1n) is 8.92. The van der Waals surface area contributed by atoms with E-state index in [1.54, 1.807) is 12.1 Å². The third-order valence-corrected chi connectivity index (χ3v) is 4.10. The zero-order valence-corrected chi connectivity index (χ0v) is 15.0. The molecule has 0 spiro atoms. The van der Waals surface area contributed by atoms with Gasteiger partial charge in [0.05, 0.1) is 11.0 Å². The van der Waals surface area contributed by atoms with Crippen LogP contribution >= 0.6 is 0 Å². The van der Waals surface area contributed by atoms with Crippen molar-refractivity contribution in [3.05, 3.63) is 70.3 Å². The second kappa shape index (κ2) is 10.2. The summed E-state index contributed by atoms with van der Waals surface area (Å²) in [5.41, 5.74) is 2.01. The van der Waals surface area contributed by atoms with Crippen LogP contribution in [0.4, 0.5) is 11.4 Å². The van der Waals surface area contributed by atoms with E-state index in [-0.39, 0.29) is 17.6 Å². The summed E-state index contributed by atoms with van der Waals surface area (Å²) in [5.74, 6) is 0.0396. The summed E-state index contributed by atoms with van der Waals surface area (Å²) in [6.07, 6.45) is 3.04. The number of nitro groups is 1. The summed E-state index contributed by atoms with van der Waals surface area (Å²) in [6, 6.07) is 16.3. The van der Waals surface area contributed by atoms with Crippen molar-refractivity contribution < 1.29 is 9.72 Å². The highest BCUT2D eigenvalue weighted by Crippen LogP contribution is 2.18. The highest BCUT2D eigenvalue weighted by atomic mass is 16.6. The third-order valence-electron chi connectivity index (χ3n) is 4.10. The van der Waals surface area contributed by atoms with E-state index in [0.29, 0.717) is 19.4 Å². The summed E-state index contributed by atoms with van der Waals surface area (Å²) in [6.45, 7) is 2.74. The van der Waals surface area contributed by atoms with Gasteiger partial charge in [0.2, 0.25) is 5.91 Å². The first-order valence-corrected chi connectivity index (χ1v) is 8.92. The minimum absolute atomic E-state index is 0.0396. The van der Waals surface area contributed by atoms with Crippen LogP contribution in [-0.2, 0) is 4.79 Å². The average molecular weight is 355 g/mol. The van der Waals surface area contributed by atoms with Gasteiger partial charge in [0, 0.05) is 30.8 Å². The average Bonchev–Trinajstić information content (AvgIpc) is 2.66. The van der Waals surface area contributed by atoms with Gasteiger partial charge in [0.15, 0.2) is 0 Å². The van der Waals surface area contributed by atoms with Gasteiger partial charge < -0.3 is 10.6 Å². The maximum absolute atomic E-state index is 12.2. The van der Waals surface area contributed by atoms with Crippen LogP contribution in [0.3, 0.4) is 0 Å². The highest BCUT2D eigenvalue weighted by molar-refractivity contribution is 5.76. The van der Waals surface area contributed by atoms with Gasteiger partial charge in [0.25, 0.3) is 5.69 Å². The Kier molecular flexibility index (Phi) is 7.61. The maximum Gasteiger partial charge on any atom is 0.269 e. The van der Waals surface area contributed by atoms with Gasteiger partial charge >= 0.3 is 0 Å². The second-order valence-corrected chi connectivity index (χ2v) is 6.15. The van der Waals surface area contributed by atoms with E-state index in [9.17, 15) is 14.9 Å². The first kappa shape index (κ1) is 19.4. The van der Waals surface area contributed by atoms with Crippen LogP contribution in [0.15, 0.2) is 54.6 Å². The third kappa shape index (κ3) is 6.20. The predicted molar refractivity (Wildman–Crippen MR) is 103 cm³/mol. The van der Waals surface area contributed by atoms with E-state index in [0.717, 1.165) is 24.1 Å². The lowest BCUT2D eigenvalue weighted by Gasteiger charge is -2.18. The maximum atomic E-state index is 12.2. The van der Waals surface area contributed by atoms with E-state index in [4.69, 9.17) is 0 Å². The number of nitrogens with zero attached hydrogens (tertiary/aromatic N) is 1. The quantitative estimate of drug-likeness (QED) is 0.375. The van der Waals surface area contributed by atoms with E-state index in [2.05, 4.69) is 17.6 Å². The molecule has 138 valence electrons. The lowest BCUT2D eigenvalue weighted by atomic mass is 10.0. The molecule has 2 rings (SSSR count). The Balaban J connectivity index is 1.74. The largest absolute Gasteiger partial charge is 0.385 e. The number of nitro benzene ring substituents is 1. The van der Waals surface area contributed by atoms with Gasteiger partial charge in [-0.3, -0.25) is 14.9 Å². The lowest BCUT2D eigenvalue weighted by molar-refractivity contribution is -0.384. The number of rotatable bonds is 10. The van der Waals surface area contributed by atoms with Crippen LogP contribution in [0.2, 0.25) is 0 Å². The standard InChI is InChI=1S/C20H25N3O3/c1-2-7-19(16-8-4-3-5-9-16)22-20(24)10-6-15-21-17-11-13-18(14-12-17)23(25)26/h3-5,8-9,11-14,19,21H,2,6-7,10,15H2,1H3,(H,22,24)/t19-/m1/s1. The van der Waals surface area contributed by atoms with Crippen molar-refractivity contribution in [2.24, 2.45) is 0 Å². The van der Waals surface area contributed by atoms with E-state index in [1.165, 1.54) is 12.1 Å². The van der Waals surface area contributed by atoms with Gasteiger partial charge in [-0.25, -0.2) is 0 Å². The van der Waals surface area contributed by atoms with Gasteiger partial charge in [-0.15, -0.1) is 0 Å². The molecule has 1 amide bonds. The zero-order chi connectivity index (χ0) is 18.8. The summed E-state index contributed by atoms with van der Waals surface area (Å²) in [7, 11) is 0. The van der Waals surface area contributed by atoms with E-state index in [1.807, 2.05) is 30.3 Å². The molecule has 0 aliphatic heterocycles. The fourth-order valence-electron chi connectivity index (χ4n) is 2.75. The molecule has 0 aliphatic carbocycles. The second-order valence-electron chi connectivity index (χ2n) is 6.15. The van der Waals surface area contributed by atoms with E-state index >= 15 is 0 Å². The SMILES string of the molecule is CCC[C@@H](NC(=O)CCCNc1ccc([N+](=O)[O-])cc1)c1ccccc1. The number of nitrogens with one attached hydrogen (secondary N) is 2. The van der Waals surface area contributed by atoms with Crippen molar-refractivity contribution in [3.63, 3.8) is 0 Å². The minimum Gasteiger partial charge on any atom is -0.385 e. The Bertz CT molecular complexity index is 702. The summed E-state index contributed by atoms with van der Waals surface area (Å²) < 4.78 is 0. The van der Waals surface area contributed by atoms with Crippen molar-refractivity contribution in [2.45, 2.75) is 38.6 Å². The molecular weight excluding hydrogens is 330 g/mol. The van der Waals surface area contributed by atoms with Crippen LogP contribution in [0.5, 0.6) is 0 Å². The topological polar surface area (TPSA) is 84.3 Å². The van der Waals surface area contributed by atoms with E-state index < -0.39 is 4.92 Å². The van der Waals surface area contributed by atoms with Gasteiger partial charge in [-0.1, -0.05) is 43.7 Å². The van der Waals surface area contributed by atoms with Gasteiger partial charge in [-0.2, -0.15) is 0 Å². The summed E-state index contributed by atoms with van der Waals surface area (Å²) >= 11 is 0. The Hall–Kier alpha value is -2.89. The molecule has 0 fully saturated rings. The summed E-state index contributed by atoms with van der Waals surface area (Å²) in [5, 5.41) is 16.9. The number of non-ortho nitro benzene ring substituents is 1. The van der Waals surface area contributed by atoms with Crippen LogP contribution < -0.4 is 10.6 Å². The van der Waals surface area contributed by atoms with Gasteiger partial charge in [0.1, 0.15) is 0 Å². The molecule has 2 aromatic rings. The molecule has 0 bridgehead atoms. The monoisotopic (exact) mass is 355 g/mol. The highest BCUT2D eigenvalue weighted by Gasteiger charge is 2.13. The normalized spacial score (nSPS) is 11.6. The number of hydrogen-bond acceptors (Lipinski definition) is 4. The summed E-state index contributed by atoms with van der Waals surface area (Å²) in [4.78, 5) is 22.4. The minimum atomic E-state index is -0.423. The van der Waals surface area contributed by atoms with Crippen LogP contribution in [-0.4, -0.2) is 17.4 Å². The molecule has 0 saturated carbocycles. The van der Waals surface area contributed by atoms with Crippen LogP contribution in [0, 0.1) is 10.1 Å². The molecule has 1 atom stereocenters. The first-order chi connectivity index (χ1) is 12.6. The molecule has 6 heteroatoms. The molecule has 6 nitrogen and oxygen atoms in total. The molecule has 26 heavy (non-hydrogen) atoms. The smallest absolute Gasteiger partial charge is 0.269 e. The molecule has 0 radical (unpaired) electrons. The Labute approximate surface area is 153 Å². The molecule has 0 saturated heterocycles. The molecule has 0 heterocycles. The van der Waals surface area contributed by atoms with Gasteiger partial charge in [-0.05, 0) is 30.5 Å². The molecule has 0 aromatic heterocycles. The zero-order valence-electron chi connectivity index (χ0n) is 15.0. The number of carbonyl (C=O) groups excluding carboxylic acids is 1. The predicted octanol–water partition coefficient (Wildman–Crippen LogP) is 4.44. The van der Waals surface area contributed by atoms with Crippen molar-refractivity contribution in [1.82, 2.24) is 5.32 Å². The molecule has 0 unspecified atom stereocenters. The number of benzene rings is 2. The number of amides is 1. The fourth-order valence-corrected chi connectivity index (χ4v) is 2.75. The fraction of sp³-hybridized carbons (Fsp3) is 0.350. The Morgan fingerprint density at radius 1 is 1.12 bits per heavy atom.